The van der Waals surface area contributed by atoms with Gasteiger partial charge in [0.15, 0.2) is 0 Å². The lowest BCUT2D eigenvalue weighted by molar-refractivity contribution is 0.346. The van der Waals surface area contributed by atoms with Crippen molar-refractivity contribution in [3.8, 4) is 0 Å². The van der Waals surface area contributed by atoms with Gasteiger partial charge in [-0.05, 0) is 279 Å². The average molecular weight is 1400 g/mol. The molecule has 526 valence electrons. The molecule has 9 aromatic rings. The highest BCUT2D eigenvalue weighted by molar-refractivity contribution is 9.10. The molecule has 0 radical (unpaired) electrons. The van der Waals surface area contributed by atoms with Gasteiger partial charge in [0.2, 0.25) is 0 Å². The van der Waals surface area contributed by atoms with E-state index in [0.29, 0.717) is 23.7 Å². The number of hydrogen-bond acceptors (Lipinski definition) is 4. The second-order valence-corrected chi connectivity index (χ2v) is 32.8. The lowest BCUT2D eigenvalue weighted by atomic mass is 9.65. The number of anilines is 8. The summed E-state index contributed by atoms with van der Waals surface area (Å²) in [6, 6.07) is 84.0. The third-order valence-electron chi connectivity index (χ3n) is 25.6. The van der Waals surface area contributed by atoms with Gasteiger partial charge in [-0.15, -0.1) is 0 Å². The van der Waals surface area contributed by atoms with Crippen LogP contribution in [0.25, 0.3) is 0 Å². The molecule has 9 aromatic carbocycles. The van der Waals surface area contributed by atoms with Crippen molar-refractivity contribution in [2.45, 2.75) is 265 Å². The molecule has 4 N–H and O–H groups in total. The Kier molecular flexibility index (Phi) is 24.0. The highest BCUT2D eigenvalue weighted by Gasteiger charge is 2.38. The fraction of sp³-hybridized carbons (Fsp3) is 0.438. The Bertz CT molecular complexity index is 3590. The topological polar surface area (TPSA) is 58.5 Å². The molecule has 0 unspecified atom stereocenters. The van der Waals surface area contributed by atoms with Gasteiger partial charge in [-0.2, -0.15) is 0 Å². The predicted octanol–water partition coefficient (Wildman–Crippen LogP) is 28.7. The normalized spacial score (nSPS) is 19.4. The first-order chi connectivity index (χ1) is 49.7. The third-order valence-corrected chi connectivity index (χ3v) is 26.1. The van der Waals surface area contributed by atoms with Crippen molar-refractivity contribution in [2.24, 2.45) is 0 Å². The van der Waals surface area contributed by atoms with E-state index in [1.807, 2.05) is 24.3 Å². The first kappa shape index (κ1) is 70.7. The van der Waals surface area contributed by atoms with E-state index in [2.05, 4.69) is 220 Å². The molecule has 5 heteroatoms. The van der Waals surface area contributed by atoms with Crippen molar-refractivity contribution in [3.63, 3.8) is 0 Å². The first-order valence-electron chi connectivity index (χ1n) is 40.4. The van der Waals surface area contributed by atoms with Crippen molar-refractivity contribution in [2.75, 3.05) is 21.3 Å². The Labute approximate surface area is 616 Å². The van der Waals surface area contributed by atoms with E-state index >= 15 is 0 Å². The van der Waals surface area contributed by atoms with E-state index in [-0.39, 0.29) is 10.8 Å². The first-order valence-corrected chi connectivity index (χ1v) is 41.2. The second-order valence-electron chi connectivity index (χ2n) is 31.9. The number of benzene rings is 9. The SMILES string of the molecule is Brc1ccc(C2CCCCC2)cc1.Nc1ccc(C2(c3ccc(N)cc3)CCCCC2)cc1.c1cc(N(c2ccc(C3CCCCC3)cc2)c2ccc(C3(c4ccc(N(c5ccc(C6CCCCC6)cc5)c5ccc(C6CCCCC6)cc5)cc4)CCCCC3)cc2)ccc1C1CCCCC1. The molecule has 0 heterocycles. The van der Waals surface area contributed by atoms with Crippen molar-refractivity contribution >= 4 is 61.4 Å². The summed E-state index contributed by atoms with van der Waals surface area (Å²) in [6.07, 6.45) is 46.8. The van der Waals surface area contributed by atoms with E-state index in [4.69, 9.17) is 11.5 Å². The van der Waals surface area contributed by atoms with E-state index in [1.165, 1.54) is 313 Å². The minimum atomic E-state index is -0.00243. The Balaban J connectivity index is 0.000000212. The Morgan fingerprint density at radius 3 is 0.614 bits per heavy atom. The highest BCUT2D eigenvalue weighted by Crippen LogP contribution is 2.50. The van der Waals surface area contributed by atoms with Crippen molar-refractivity contribution in [1.29, 1.82) is 0 Å². The van der Waals surface area contributed by atoms with Gasteiger partial charge in [0.1, 0.15) is 0 Å². The summed E-state index contributed by atoms with van der Waals surface area (Å²) < 4.78 is 1.19. The zero-order chi connectivity index (χ0) is 68.6. The minimum absolute atomic E-state index is 0.00243. The fourth-order valence-electron chi connectivity index (χ4n) is 19.7. The molecule has 0 aliphatic heterocycles. The largest absolute Gasteiger partial charge is 0.399 e. The molecule has 4 nitrogen and oxygen atoms in total. The molecule has 101 heavy (non-hydrogen) atoms. The number of rotatable bonds is 15. The van der Waals surface area contributed by atoms with E-state index in [9.17, 15) is 0 Å². The monoisotopic (exact) mass is 1400 g/mol. The van der Waals surface area contributed by atoms with E-state index in [1.54, 1.807) is 0 Å². The van der Waals surface area contributed by atoms with E-state index in [0.717, 1.165) is 17.3 Å². The number of halogens is 1. The number of nitrogen functional groups attached to an aromatic ring is 2. The maximum atomic E-state index is 5.84. The smallest absolute Gasteiger partial charge is 0.0461 e. The molecular formula is C96H115BrN4. The molecule has 0 aromatic heterocycles. The van der Waals surface area contributed by atoms with Gasteiger partial charge in [0.25, 0.3) is 0 Å². The zero-order valence-corrected chi connectivity index (χ0v) is 62.4. The van der Waals surface area contributed by atoms with Crippen LogP contribution in [0.1, 0.15) is 304 Å². The van der Waals surface area contributed by atoms with Crippen LogP contribution in [0.2, 0.25) is 0 Å². The summed E-state index contributed by atoms with van der Waals surface area (Å²) in [5.41, 5.74) is 34.3. The van der Waals surface area contributed by atoms with Crippen LogP contribution in [0.3, 0.4) is 0 Å². The molecule has 0 saturated heterocycles. The van der Waals surface area contributed by atoms with Crippen LogP contribution in [0.15, 0.2) is 223 Å². The van der Waals surface area contributed by atoms with E-state index < -0.39 is 0 Å². The quantitative estimate of drug-likeness (QED) is 0.100. The van der Waals surface area contributed by atoms with Crippen LogP contribution < -0.4 is 21.3 Å². The number of nitrogens with zero attached hydrogens (tertiary/aromatic N) is 2. The molecule has 7 saturated carbocycles. The summed E-state index contributed by atoms with van der Waals surface area (Å²) in [7, 11) is 0. The minimum Gasteiger partial charge on any atom is -0.399 e. The van der Waals surface area contributed by atoms with Crippen LogP contribution in [0, 0.1) is 0 Å². The Hall–Kier alpha value is -7.34. The van der Waals surface area contributed by atoms with Crippen molar-refractivity contribution in [1.82, 2.24) is 0 Å². The highest BCUT2D eigenvalue weighted by atomic mass is 79.9. The second kappa shape index (κ2) is 34.3. The standard InChI is InChI=1S/C66H78N2.C18H22N2.C12H15Br/c1-6-16-50(17-7-1)54-24-36-60(37-25-54)67(61-38-26-55(27-39-61)51-18-8-2-9-19-51)64-44-32-58(33-45-64)66(48-14-5-15-49-66)59-34-46-65(47-35-59)68(62-40-28-56(29-41-62)52-20-10-3-11-21-52)63-42-30-57(31-43-63)53-22-12-4-13-23-53;19-16-8-4-14(5-9-16)18(12-2-1-3-13-18)15-6-10-17(20)11-7-15;13-12-8-6-11(7-9-12)10-4-2-1-3-5-10/h24-47,50-53H,1-23,48-49H2;4-11H,1-3,12-13,19-20H2;6-10H,1-5H2. The fourth-order valence-corrected chi connectivity index (χ4v) is 19.9. The lowest BCUT2D eigenvalue weighted by Gasteiger charge is -2.39. The molecule has 7 fully saturated rings. The van der Waals surface area contributed by atoms with Gasteiger partial charge < -0.3 is 21.3 Å². The average Bonchev–Trinajstić information content (AvgIpc) is 0.771. The van der Waals surface area contributed by atoms with Gasteiger partial charge in [-0.3, -0.25) is 0 Å². The van der Waals surface area contributed by atoms with Crippen LogP contribution in [0.4, 0.5) is 45.5 Å². The molecule has 7 aliphatic carbocycles. The summed E-state index contributed by atoms with van der Waals surface area (Å²) in [6.45, 7) is 0. The van der Waals surface area contributed by atoms with Gasteiger partial charge in [-0.1, -0.05) is 260 Å². The van der Waals surface area contributed by atoms with Crippen LogP contribution in [-0.2, 0) is 10.8 Å². The summed E-state index contributed by atoms with van der Waals surface area (Å²) in [5.74, 6) is 3.67. The number of nitrogens with two attached hydrogens (primary N) is 2. The molecule has 7 aliphatic rings. The van der Waals surface area contributed by atoms with Crippen LogP contribution in [-0.4, -0.2) is 0 Å². The summed E-state index contributed by atoms with van der Waals surface area (Å²) >= 11 is 3.47. The molecule has 16 rings (SSSR count). The van der Waals surface area contributed by atoms with Gasteiger partial charge in [-0.25, -0.2) is 0 Å². The zero-order valence-electron chi connectivity index (χ0n) is 60.8. The van der Waals surface area contributed by atoms with Crippen LogP contribution in [0.5, 0.6) is 0 Å². The van der Waals surface area contributed by atoms with Gasteiger partial charge in [0, 0.05) is 60.8 Å². The molecule has 0 spiro atoms. The summed E-state index contributed by atoms with van der Waals surface area (Å²) in [5, 5.41) is 0. The van der Waals surface area contributed by atoms with Gasteiger partial charge >= 0.3 is 0 Å². The lowest BCUT2D eigenvalue weighted by Crippen LogP contribution is -2.30. The Morgan fingerprint density at radius 1 is 0.218 bits per heavy atom. The molecular weight excluding hydrogens is 1290 g/mol. The Morgan fingerprint density at radius 2 is 0.396 bits per heavy atom. The molecule has 0 atom stereocenters. The van der Waals surface area contributed by atoms with Gasteiger partial charge in [0.05, 0.1) is 0 Å². The molecule has 0 bridgehead atoms. The predicted molar refractivity (Wildman–Crippen MR) is 435 cm³/mol. The van der Waals surface area contributed by atoms with Crippen molar-refractivity contribution < 1.29 is 0 Å². The van der Waals surface area contributed by atoms with Crippen molar-refractivity contribution in [3.05, 3.63) is 273 Å². The third kappa shape index (κ3) is 17.2. The number of hydrogen-bond donors (Lipinski definition) is 2. The summed E-state index contributed by atoms with van der Waals surface area (Å²) in [4.78, 5) is 5.03. The maximum absolute atomic E-state index is 5.84. The maximum Gasteiger partial charge on any atom is 0.0461 e. The van der Waals surface area contributed by atoms with Crippen LogP contribution >= 0.6 is 15.9 Å². The molecule has 0 amide bonds.